The molecule has 0 radical (unpaired) electrons. The monoisotopic (exact) mass is 655 g/mol. The summed E-state index contributed by atoms with van der Waals surface area (Å²) >= 11 is 4.87. The van der Waals surface area contributed by atoms with Crippen LogP contribution in [-0.4, -0.2) is 59.3 Å². The molecule has 3 aromatic carbocycles. The van der Waals surface area contributed by atoms with Gasteiger partial charge in [-0.25, -0.2) is 8.42 Å². The third-order valence-electron chi connectivity index (χ3n) is 6.75. The maximum atomic E-state index is 13.2. The first kappa shape index (κ1) is 29.3. The van der Waals surface area contributed by atoms with E-state index in [0.29, 0.717) is 42.1 Å². The van der Waals surface area contributed by atoms with Gasteiger partial charge in [0.25, 0.3) is 0 Å². The summed E-state index contributed by atoms with van der Waals surface area (Å²) in [6, 6.07) is 22.3. The normalized spacial score (nSPS) is 14.1. The molecule has 41 heavy (non-hydrogen) atoms. The van der Waals surface area contributed by atoms with Gasteiger partial charge in [-0.15, -0.1) is 10.2 Å². The Morgan fingerprint density at radius 1 is 1.00 bits per heavy atom. The van der Waals surface area contributed by atoms with Crippen LogP contribution in [0.3, 0.4) is 0 Å². The van der Waals surface area contributed by atoms with E-state index >= 15 is 0 Å². The summed E-state index contributed by atoms with van der Waals surface area (Å²) in [4.78, 5) is 13.2. The van der Waals surface area contributed by atoms with Crippen molar-refractivity contribution in [2.75, 3.05) is 31.3 Å². The van der Waals surface area contributed by atoms with E-state index in [4.69, 9.17) is 4.74 Å². The Bertz CT molecular complexity index is 1620. The van der Waals surface area contributed by atoms with Gasteiger partial charge >= 0.3 is 0 Å². The Kier molecular flexibility index (Phi) is 9.43. The topological polar surface area (TPSA) is 106 Å². The summed E-state index contributed by atoms with van der Waals surface area (Å²) in [5.41, 5.74) is 2.27. The quantitative estimate of drug-likeness (QED) is 0.219. The highest BCUT2D eigenvalue weighted by Gasteiger charge is 2.27. The van der Waals surface area contributed by atoms with E-state index in [-0.39, 0.29) is 16.6 Å². The fraction of sp³-hybridized carbons (Fsp3) is 0.276. The van der Waals surface area contributed by atoms with Crippen LogP contribution in [0.2, 0.25) is 0 Å². The summed E-state index contributed by atoms with van der Waals surface area (Å²) in [6.07, 6.45) is 2.71. The van der Waals surface area contributed by atoms with Crippen molar-refractivity contribution in [2.24, 2.45) is 0 Å². The molecule has 1 fully saturated rings. The Labute approximate surface area is 252 Å². The Hall–Kier alpha value is -3.19. The minimum absolute atomic E-state index is 0.0368. The lowest BCUT2D eigenvalue weighted by Crippen LogP contribution is -2.35. The molecule has 1 N–H and O–H groups in total. The van der Waals surface area contributed by atoms with E-state index < -0.39 is 10.0 Å². The van der Waals surface area contributed by atoms with E-state index in [9.17, 15) is 13.2 Å². The molecule has 5 rings (SSSR count). The minimum Gasteiger partial charge on any atom is -0.495 e. The first-order valence-electron chi connectivity index (χ1n) is 13.2. The molecule has 1 aliphatic rings. The van der Waals surface area contributed by atoms with Gasteiger partial charge in [0.1, 0.15) is 5.75 Å². The van der Waals surface area contributed by atoms with Crippen LogP contribution in [0, 0.1) is 0 Å². The number of carbonyl (C=O) groups is 1. The maximum Gasteiger partial charge on any atom is 0.243 e. The van der Waals surface area contributed by atoms with Gasteiger partial charge in [-0.1, -0.05) is 82.6 Å². The van der Waals surface area contributed by atoms with Crippen molar-refractivity contribution in [3.63, 3.8) is 0 Å². The Morgan fingerprint density at radius 3 is 2.46 bits per heavy atom. The molecule has 0 bridgehead atoms. The molecule has 4 aromatic rings. The molecule has 9 nitrogen and oxygen atoms in total. The molecule has 1 amide bonds. The molecule has 0 unspecified atom stereocenters. The second-order valence-electron chi connectivity index (χ2n) is 9.52. The number of nitrogens with zero attached hydrogens (tertiary/aromatic N) is 4. The molecule has 12 heteroatoms. The first-order valence-corrected chi connectivity index (χ1v) is 16.4. The number of amides is 1. The van der Waals surface area contributed by atoms with Gasteiger partial charge < -0.3 is 10.1 Å². The average Bonchev–Trinajstić information content (AvgIpc) is 3.39. The number of sulfonamides is 1. The van der Waals surface area contributed by atoms with Crippen molar-refractivity contribution >= 4 is 49.3 Å². The SMILES string of the molecule is COc1ccc(S(=O)(=O)N2CCCCC2)cc1NC(=O)CSc1nnc(-c2ccccc2Br)n1Cc1ccccc1. The van der Waals surface area contributed by atoms with Crippen LogP contribution in [0.5, 0.6) is 5.75 Å². The lowest BCUT2D eigenvalue weighted by molar-refractivity contribution is -0.113. The molecule has 0 atom stereocenters. The third kappa shape index (κ3) is 6.83. The number of piperidine rings is 1. The number of anilines is 1. The van der Waals surface area contributed by atoms with Crippen LogP contribution in [0.4, 0.5) is 5.69 Å². The van der Waals surface area contributed by atoms with E-state index in [0.717, 1.165) is 34.9 Å². The number of hydrogen-bond donors (Lipinski definition) is 1. The highest BCUT2D eigenvalue weighted by atomic mass is 79.9. The Balaban J connectivity index is 1.35. The minimum atomic E-state index is -3.67. The van der Waals surface area contributed by atoms with Crippen LogP contribution in [-0.2, 0) is 21.4 Å². The fourth-order valence-corrected chi connectivity index (χ4v) is 7.41. The number of hydrogen-bond acceptors (Lipinski definition) is 7. The van der Waals surface area contributed by atoms with E-state index in [2.05, 4.69) is 31.4 Å². The number of nitrogens with one attached hydrogen (secondary N) is 1. The lowest BCUT2D eigenvalue weighted by atomic mass is 10.2. The molecule has 2 heterocycles. The van der Waals surface area contributed by atoms with Gasteiger partial charge in [-0.2, -0.15) is 4.31 Å². The van der Waals surface area contributed by atoms with Crippen molar-refractivity contribution in [2.45, 2.75) is 35.9 Å². The number of thioether (sulfide) groups is 1. The molecule has 1 aromatic heterocycles. The highest BCUT2D eigenvalue weighted by molar-refractivity contribution is 9.10. The van der Waals surface area contributed by atoms with Gasteiger partial charge in [0.2, 0.25) is 15.9 Å². The molecule has 0 aliphatic carbocycles. The number of ether oxygens (including phenoxy) is 1. The average molecular weight is 657 g/mol. The predicted molar refractivity (Wildman–Crippen MR) is 164 cm³/mol. The van der Waals surface area contributed by atoms with Gasteiger partial charge in [0, 0.05) is 23.1 Å². The van der Waals surface area contributed by atoms with Crippen molar-refractivity contribution in [1.82, 2.24) is 19.1 Å². The van der Waals surface area contributed by atoms with Gasteiger partial charge in [-0.3, -0.25) is 9.36 Å². The van der Waals surface area contributed by atoms with Crippen molar-refractivity contribution < 1.29 is 17.9 Å². The molecular weight excluding hydrogens is 626 g/mol. The molecular formula is C29H30BrN5O4S2. The van der Waals surface area contributed by atoms with Crippen molar-refractivity contribution in [3.8, 4) is 17.1 Å². The third-order valence-corrected chi connectivity index (χ3v) is 10.3. The summed E-state index contributed by atoms with van der Waals surface area (Å²) in [6.45, 7) is 1.52. The molecule has 1 aliphatic heterocycles. The highest BCUT2D eigenvalue weighted by Crippen LogP contribution is 2.32. The maximum absolute atomic E-state index is 13.2. The number of aromatic nitrogens is 3. The van der Waals surface area contributed by atoms with Crippen LogP contribution < -0.4 is 10.1 Å². The summed E-state index contributed by atoms with van der Waals surface area (Å²) in [5, 5.41) is 12.3. The first-order chi connectivity index (χ1) is 19.9. The standard InChI is InChI=1S/C29H30BrN5O4S2/c1-39-26-15-14-22(41(37,38)34-16-8-3-9-17-34)18-25(26)31-27(36)20-40-29-33-32-28(23-12-6-7-13-24(23)30)35(29)19-21-10-4-2-5-11-21/h2,4-7,10-15,18H,3,8-9,16-17,19-20H2,1H3,(H,31,36). The predicted octanol–water partition coefficient (Wildman–Crippen LogP) is 5.67. The second kappa shape index (κ2) is 13.2. The van der Waals surface area contributed by atoms with Crippen LogP contribution in [0.15, 0.2) is 87.3 Å². The van der Waals surface area contributed by atoms with Gasteiger partial charge in [0.15, 0.2) is 11.0 Å². The summed E-state index contributed by atoms with van der Waals surface area (Å²) in [7, 11) is -2.19. The van der Waals surface area contributed by atoms with E-state index in [1.54, 1.807) is 6.07 Å². The number of methoxy groups -OCH3 is 1. The summed E-state index contributed by atoms with van der Waals surface area (Å²) in [5.74, 6) is 0.776. The van der Waals surface area contributed by atoms with Crippen LogP contribution in [0.1, 0.15) is 24.8 Å². The van der Waals surface area contributed by atoms with Crippen LogP contribution in [0.25, 0.3) is 11.4 Å². The van der Waals surface area contributed by atoms with Crippen molar-refractivity contribution in [1.29, 1.82) is 0 Å². The molecule has 214 valence electrons. The smallest absolute Gasteiger partial charge is 0.243 e. The summed E-state index contributed by atoms with van der Waals surface area (Å²) < 4.78 is 36.2. The second-order valence-corrected chi connectivity index (χ2v) is 13.3. The number of benzene rings is 3. The molecule has 1 saturated heterocycles. The lowest BCUT2D eigenvalue weighted by Gasteiger charge is -2.26. The van der Waals surface area contributed by atoms with E-state index in [1.807, 2.05) is 59.2 Å². The van der Waals surface area contributed by atoms with Gasteiger partial charge in [-0.05, 0) is 42.7 Å². The van der Waals surface area contributed by atoms with E-state index in [1.165, 1.54) is 35.3 Å². The van der Waals surface area contributed by atoms with Crippen LogP contribution >= 0.6 is 27.7 Å². The zero-order chi connectivity index (χ0) is 28.8. The zero-order valence-electron chi connectivity index (χ0n) is 22.5. The zero-order valence-corrected chi connectivity index (χ0v) is 25.7. The Morgan fingerprint density at radius 2 is 1.73 bits per heavy atom. The number of halogens is 1. The number of rotatable bonds is 10. The van der Waals surface area contributed by atoms with Crippen molar-refractivity contribution in [3.05, 3.63) is 82.8 Å². The van der Waals surface area contributed by atoms with Gasteiger partial charge in [0.05, 0.1) is 30.0 Å². The number of carbonyl (C=O) groups excluding carboxylic acids is 1. The largest absolute Gasteiger partial charge is 0.495 e. The fourth-order valence-electron chi connectivity index (χ4n) is 4.66. The molecule has 0 spiro atoms. The molecule has 0 saturated carbocycles.